The molecule has 1 heterocycles. The lowest BCUT2D eigenvalue weighted by Gasteiger charge is -2.38. The fourth-order valence-electron chi connectivity index (χ4n) is 5.18. The molecule has 24 heavy (non-hydrogen) atoms. The Bertz CT molecular complexity index is 467. The van der Waals surface area contributed by atoms with Gasteiger partial charge in [0, 0.05) is 6.20 Å². The molecule has 0 unspecified atom stereocenters. The zero-order chi connectivity index (χ0) is 16.8. The van der Waals surface area contributed by atoms with Gasteiger partial charge in [-0.25, -0.2) is 4.98 Å². The van der Waals surface area contributed by atoms with Crippen LogP contribution in [0.25, 0.3) is 0 Å². The normalized spacial score (nSPS) is 31.1. The maximum atomic E-state index is 5.92. The molecule has 134 valence electrons. The third-order valence-electron chi connectivity index (χ3n) is 6.77. The van der Waals surface area contributed by atoms with Crippen LogP contribution in [0.1, 0.15) is 95.5 Å². The topological polar surface area (TPSA) is 12.9 Å². The number of hydrogen-bond acceptors (Lipinski definition) is 1. The van der Waals surface area contributed by atoms with Crippen molar-refractivity contribution in [1.82, 2.24) is 4.98 Å². The zero-order valence-corrected chi connectivity index (χ0v) is 16.1. The van der Waals surface area contributed by atoms with Gasteiger partial charge in [-0.2, -0.15) is 0 Å². The highest BCUT2D eigenvalue weighted by atomic mass is 35.5. The highest BCUT2D eigenvalue weighted by Gasteiger charge is 2.31. The first-order chi connectivity index (χ1) is 11.8. The van der Waals surface area contributed by atoms with Crippen LogP contribution < -0.4 is 0 Å². The summed E-state index contributed by atoms with van der Waals surface area (Å²) in [7, 11) is 0. The lowest BCUT2D eigenvalue weighted by Crippen LogP contribution is -2.25. The number of halogens is 1. The molecule has 2 heteroatoms. The SMILES string of the molecule is CCCCC[C@H]1CC[C@H]([C@H]2CC[C@H](c3ccc(Cl)nc3)CC2)CC1. The molecule has 0 N–H and O–H groups in total. The molecule has 0 bridgehead atoms. The van der Waals surface area contributed by atoms with Crippen LogP contribution in [0.5, 0.6) is 0 Å². The highest BCUT2D eigenvalue weighted by Crippen LogP contribution is 2.44. The molecule has 0 amide bonds. The van der Waals surface area contributed by atoms with Gasteiger partial charge in [0.15, 0.2) is 0 Å². The summed E-state index contributed by atoms with van der Waals surface area (Å²) in [6, 6.07) is 4.13. The van der Waals surface area contributed by atoms with E-state index in [1.165, 1.54) is 82.6 Å². The van der Waals surface area contributed by atoms with Crippen molar-refractivity contribution in [3.63, 3.8) is 0 Å². The Hall–Kier alpha value is -0.560. The summed E-state index contributed by atoms with van der Waals surface area (Å²) in [6.45, 7) is 2.31. The van der Waals surface area contributed by atoms with Gasteiger partial charge in [-0.3, -0.25) is 0 Å². The first kappa shape index (κ1) is 18.2. The molecule has 2 aliphatic rings. The summed E-state index contributed by atoms with van der Waals surface area (Å²) in [5, 5.41) is 0.614. The Balaban J connectivity index is 1.40. The lowest BCUT2D eigenvalue weighted by molar-refractivity contribution is 0.155. The van der Waals surface area contributed by atoms with Crippen molar-refractivity contribution >= 4 is 11.6 Å². The van der Waals surface area contributed by atoms with Crippen LogP contribution in [0.15, 0.2) is 18.3 Å². The predicted octanol–water partition coefficient (Wildman–Crippen LogP) is 7.40. The van der Waals surface area contributed by atoms with E-state index in [1.807, 2.05) is 12.3 Å². The van der Waals surface area contributed by atoms with Gasteiger partial charge in [0.05, 0.1) is 0 Å². The van der Waals surface area contributed by atoms with Crippen molar-refractivity contribution in [2.75, 3.05) is 0 Å². The van der Waals surface area contributed by atoms with E-state index in [-0.39, 0.29) is 0 Å². The number of aromatic nitrogens is 1. The average Bonchev–Trinajstić information content (AvgIpc) is 2.63. The molecule has 1 aromatic rings. The predicted molar refractivity (Wildman–Crippen MR) is 104 cm³/mol. The zero-order valence-electron chi connectivity index (χ0n) is 15.4. The van der Waals surface area contributed by atoms with E-state index in [2.05, 4.69) is 18.0 Å². The van der Waals surface area contributed by atoms with Gasteiger partial charge in [0.2, 0.25) is 0 Å². The van der Waals surface area contributed by atoms with E-state index in [0.717, 1.165) is 23.7 Å². The third kappa shape index (κ3) is 4.97. The molecule has 0 atom stereocenters. The minimum Gasteiger partial charge on any atom is -0.244 e. The van der Waals surface area contributed by atoms with Crippen molar-refractivity contribution < 1.29 is 0 Å². The van der Waals surface area contributed by atoms with Gasteiger partial charge in [-0.1, -0.05) is 63.1 Å². The van der Waals surface area contributed by atoms with Crippen molar-refractivity contribution in [2.45, 2.75) is 89.9 Å². The summed E-state index contributed by atoms with van der Waals surface area (Å²) in [6.07, 6.45) is 19.4. The van der Waals surface area contributed by atoms with Crippen molar-refractivity contribution in [3.8, 4) is 0 Å². The second-order valence-corrected chi connectivity index (χ2v) is 8.69. The third-order valence-corrected chi connectivity index (χ3v) is 6.99. The van der Waals surface area contributed by atoms with Gasteiger partial charge in [0.25, 0.3) is 0 Å². The van der Waals surface area contributed by atoms with Crippen LogP contribution in [0.4, 0.5) is 0 Å². The molecule has 1 nitrogen and oxygen atoms in total. The quantitative estimate of drug-likeness (QED) is 0.386. The molecule has 0 radical (unpaired) electrons. The molecular formula is C22H34ClN. The first-order valence-electron chi connectivity index (χ1n) is 10.4. The highest BCUT2D eigenvalue weighted by molar-refractivity contribution is 6.29. The van der Waals surface area contributed by atoms with Crippen LogP contribution in [-0.4, -0.2) is 4.98 Å². The largest absolute Gasteiger partial charge is 0.244 e. The van der Waals surface area contributed by atoms with Crippen molar-refractivity contribution in [1.29, 1.82) is 0 Å². The maximum absolute atomic E-state index is 5.92. The monoisotopic (exact) mass is 347 g/mol. The van der Waals surface area contributed by atoms with Crippen LogP contribution in [0, 0.1) is 17.8 Å². The van der Waals surface area contributed by atoms with Gasteiger partial charge >= 0.3 is 0 Å². The van der Waals surface area contributed by atoms with Gasteiger partial charge in [-0.05, 0) is 73.8 Å². The van der Waals surface area contributed by atoms with E-state index in [4.69, 9.17) is 11.6 Å². The second-order valence-electron chi connectivity index (χ2n) is 8.30. The minimum absolute atomic E-state index is 0.614. The number of unbranched alkanes of at least 4 members (excludes halogenated alkanes) is 2. The van der Waals surface area contributed by atoms with Crippen LogP contribution in [-0.2, 0) is 0 Å². The first-order valence-corrected chi connectivity index (χ1v) is 10.8. The number of nitrogens with zero attached hydrogens (tertiary/aromatic N) is 1. The van der Waals surface area contributed by atoms with E-state index in [0.29, 0.717) is 5.15 Å². The van der Waals surface area contributed by atoms with E-state index in [1.54, 1.807) is 0 Å². The molecule has 0 aromatic carbocycles. The smallest absolute Gasteiger partial charge is 0.129 e. The summed E-state index contributed by atoms with van der Waals surface area (Å²) in [5.41, 5.74) is 1.40. The standard InChI is InChI=1S/C22H34ClN/c1-2-3-4-5-17-6-8-18(9-7-17)19-10-12-20(13-11-19)21-14-15-22(23)24-16-21/h14-20H,2-13H2,1H3/t17-,18-,19-,20-. The Morgan fingerprint density at radius 3 is 2.17 bits per heavy atom. The fraction of sp³-hybridized carbons (Fsp3) is 0.773. The lowest BCUT2D eigenvalue weighted by atomic mass is 9.68. The fourth-order valence-corrected chi connectivity index (χ4v) is 5.30. The molecule has 3 rings (SSSR count). The second kappa shape index (κ2) is 9.22. The number of rotatable bonds is 6. The Labute approximate surface area is 153 Å². The number of pyridine rings is 1. The van der Waals surface area contributed by atoms with Crippen molar-refractivity contribution in [3.05, 3.63) is 29.0 Å². The molecule has 1 aromatic heterocycles. The van der Waals surface area contributed by atoms with Gasteiger partial charge in [0.1, 0.15) is 5.15 Å². The van der Waals surface area contributed by atoms with Crippen LogP contribution in [0.2, 0.25) is 5.15 Å². The molecule has 2 saturated carbocycles. The maximum Gasteiger partial charge on any atom is 0.129 e. The number of hydrogen-bond donors (Lipinski definition) is 0. The van der Waals surface area contributed by atoms with Gasteiger partial charge in [-0.15, -0.1) is 0 Å². The molecule has 0 saturated heterocycles. The Morgan fingerprint density at radius 2 is 1.58 bits per heavy atom. The molecule has 2 fully saturated rings. The summed E-state index contributed by atoms with van der Waals surface area (Å²) in [4.78, 5) is 4.27. The van der Waals surface area contributed by atoms with Gasteiger partial charge < -0.3 is 0 Å². The van der Waals surface area contributed by atoms with Crippen LogP contribution >= 0.6 is 11.6 Å². The molecule has 0 spiro atoms. The average molecular weight is 348 g/mol. The van der Waals surface area contributed by atoms with Crippen molar-refractivity contribution in [2.24, 2.45) is 17.8 Å². The molecule has 0 aliphatic heterocycles. The summed E-state index contributed by atoms with van der Waals surface area (Å²) < 4.78 is 0. The Morgan fingerprint density at radius 1 is 0.917 bits per heavy atom. The summed E-state index contributed by atoms with van der Waals surface area (Å²) in [5.74, 6) is 3.79. The van der Waals surface area contributed by atoms with Crippen LogP contribution in [0.3, 0.4) is 0 Å². The molecule has 2 aliphatic carbocycles. The molecular weight excluding hydrogens is 314 g/mol. The Kier molecular flexibility index (Phi) is 7.01. The van der Waals surface area contributed by atoms with E-state index >= 15 is 0 Å². The van der Waals surface area contributed by atoms with E-state index < -0.39 is 0 Å². The summed E-state index contributed by atoms with van der Waals surface area (Å²) >= 11 is 5.92. The minimum atomic E-state index is 0.614. The van der Waals surface area contributed by atoms with E-state index in [9.17, 15) is 0 Å².